The number of benzene rings is 1. The van der Waals surface area contributed by atoms with Crippen LogP contribution >= 0.6 is 34.5 Å². The Hall–Kier alpha value is -1.29. The topological polar surface area (TPSA) is 26.3 Å². The molecule has 0 N–H and O–H groups in total. The first-order valence-electron chi connectivity index (χ1n) is 5.41. The van der Waals surface area contributed by atoms with Crippen LogP contribution in [0.1, 0.15) is 15.9 Å². The fraction of sp³-hybridized carbons (Fsp3) is 0.0714. The van der Waals surface area contributed by atoms with Gasteiger partial charge in [0.25, 0.3) is 0 Å². The number of ketones is 1. The van der Waals surface area contributed by atoms with E-state index in [1.165, 1.54) is 24.5 Å². The molecule has 0 saturated carbocycles. The van der Waals surface area contributed by atoms with Gasteiger partial charge < -0.3 is 4.74 Å². The average molecular weight is 313 g/mol. The van der Waals surface area contributed by atoms with Gasteiger partial charge >= 0.3 is 0 Å². The predicted molar refractivity (Wildman–Crippen MR) is 80.7 cm³/mol. The number of allylic oxidation sites excluding steroid dienone is 1. The van der Waals surface area contributed by atoms with Crippen molar-refractivity contribution in [1.82, 2.24) is 0 Å². The van der Waals surface area contributed by atoms with E-state index in [4.69, 9.17) is 27.9 Å². The molecular weight excluding hydrogens is 303 g/mol. The van der Waals surface area contributed by atoms with Gasteiger partial charge in [-0.1, -0.05) is 52.7 Å². The summed E-state index contributed by atoms with van der Waals surface area (Å²) in [7, 11) is 1.52. The number of methoxy groups -OCH3 is 1. The Labute approximate surface area is 125 Å². The van der Waals surface area contributed by atoms with Crippen molar-refractivity contribution >= 4 is 46.4 Å². The van der Waals surface area contributed by atoms with Gasteiger partial charge in [0.15, 0.2) is 10.8 Å². The summed E-state index contributed by atoms with van der Waals surface area (Å²) >= 11 is 12.9. The van der Waals surface area contributed by atoms with Crippen LogP contribution in [-0.2, 0) is 0 Å². The summed E-state index contributed by atoms with van der Waals surface area (Å²) in [6, 6.07) is 8.83. The molecule has 1 aromatic heterocycles. The van der Waals surface area contributed by atoms with Gasteiger partial charge in [0.05, 0.1) is 17.0 Å². The molecule has 2 rings (SSSR count). The highest BCUT2D eigenvalue weighted by Gasteiger charge is 2.13. The zero-order valence-corrected chi connectivity index (χ0v) is 12.4. The van der Waals surface area contributed by atoms with Crippen molar-refractivity contribution < 1.29 is 9.53 Å². The van der Waals surface area contributed by atoms with Gasteiger partial charge in [-0.2, -0.15) is 0 Å². The van der Waals surface area contributed by atoms with Gasteiger partial charge in [0.1, 0.15) is 0 Å². The molecule has 0 atom stereocenters. The van der Waals surface area contributed by atoms with Gasteiger partial charge in [-0.15, -0.1) is 0 Å². The molecule has 19 heavy (non-hydrogen) atoms. The van der Waals surface area contributed by atoms with Crippen LogP contribution in [0.4, 0.5) is 0 Å². The largest absolute Gasteiger partial charge is 0.487 e. The minimum Gasteiger partial charge on any atom is -0.487 e. The zero-order chi connectivity index (χ0) is 13.8. The highest BCUT2D eigenvalue weighted by Crippen LogP contribution is 2.34. The van der Waals surface area contributed by atoms with E-state index in [2.05, 4.69) is 0 Å². The van der Waals surface area contributed by atoms with E-state index in [0.717, 1.165) is 5.56 Å². The molecule has 98 valence electrons. The Morgan fingerprint density at radius 2 is 1.95 bits per heavy atom. The number of halogens is 2. The Bertz CT molecular complexity index is 615. The zero-order valence-electron chi connectivity index (χ0n) is 10.0. The first-order chi connectivity index (χ1) is 9.10. The second-order valence-electron chi connectivity index (χ2n) is 3.70. The maximum atomic E-state index is 12.0. The quantitative estimate of drug-likeness (QED) is 0.589. The smallest absolute Gasteiger partial charge is 0.190 e. The second kappa shape index (κ2) is 6.24. The standard InChI is InChI=1S/C14H10Cl2O2S/c1-18-14-11(8-13(16)19-14)12(17)7-4-9-2-5-10(15)6-3-9/h2-8H,1H3/b7-4+. The molecule has 0 amide bonds. The van der Waals surface area contributed by atoms with Crippen LogP contribution in [0.5, 0.6) is 5.06 Å². The summed E-state index contributed by atoms with van der Waals surface area (Å²) in [4.78, 5) is 12.0. The van der Waals surface area contributed by atoms with Crippen molar-refractivity contribution in [2.45, 2.75) is 0 Å². The van der Waals surface area contributed by atoms with Crippen molar-refractivity contribution in [3.8, 4) is 5.06 Å². The molecule has 0 aliphatic heterocycles. The lowest BCUT2D eigenvalue weighted by Gasteiger charge is -1.97. The van der Waals surface area contributed by atoms with Gasteiger partial charge in [0.2, 0.25) is 0 Å². The summed E-state index contributed by atoms with van der Waals surface area (Å²) in [6.07, 6.45) is 3.22. The highest BCUT2D eigenvalue weighted by molar-refractivity contribution is 7.18. The number of carbonyl (C=O) groups excluding carboxylic acids is 1. The SMILES string of the molecule is COc1sc(Cl)cc1C(=O)/C=C/c1ccc(Cl)cc1. The van der Waals surface area contributed by atoms with E-state index in [1.54, 1.807) is 24.3 Å². The molecule has 0 aliphatic carbocycles. The molecule has 2 nitrogen and oxygen atoms in total. The van der Waals surface area contributed by atoms with E-state index in [9.17, 15) is 4.79 Å². The summed E-state index contributed by atoms with van der Waals surface area (Å²) < 4.78 is 5.64. The average Bonchev–Trinajstić information content (AvgIpc) is 2.79. The molecule has 1 aromatic carbocycles. The molecule has 2 aromatic rings. The van der Waals surface area contributed by atoms with Crippen LogP contribution in [0.2, 0.25) is 9.36 Å². The second-order valence-corrected chi connectivity index (χ2v) is 5.79. The Balaban J connectivity index is 2.18. The molecular formula is C14H10Cl2O2S. The molecule has 0 bridgehead atoms. The fourth-order valence-corrected chi connectivity index (χ4v) is 2.66. The summed E-state index contributed by atoms with van der Waals surface area (Å²) in [5.41, 5.74) is 1.38. The van der Waals surface area contributed by atoms with Crippen molar-refractivity contribution in [2.75, 3.05) is 7.11 Å². The van der Waals surface area contributed by atoms with Gasteiger partial charge in [-0.3, -0.25) is 4.79 Å². The van der Waals surface area contributed by atoms with Crippen LogP contribution < -0.4 is 4.74 Å². The van der Waals surface area contributed by atoms with Crippen LogP contribution in [0.3, 0.4) is 0 Å². The van der Waals surface area contributed by atoms with Crippen LogP contribution in [-0.4, -0.2) is 12.9 Å². The third-order valence-corrected chi connectivity index (χ3v) is 3.89. The summed E-state index contributed by atoms with van der Waals surface area (Å²) in [5.74, 6) is -0.144. The lowest BCUT2D eigenvalue weighted by Crippen LogP contribution is -1.94. The summed E-state index contributed by atoms with van der Waals surface area (Å²) in [6.45, 7) is 0. The van der Waals surface area contributed by atoms with E-state index in [0.29, 0.717) is 20.0 Å². The number of hydrogen-bond donors (Lipinski definition) is 0. The van der Waals surface area contributed by atoms with Gasteiger partial charge in [0, 0.05) is 5.02 Å². The van der Waals surface area contributed by atoms with Crippen LogP contribution in [0, 0.1) is 0 Å². The third kappa shape index (κ3) is 3.60. The maximum absolute atomic E-state index is 12.0. The van der Waals surface area contributed by atoms with E-state index in [-0.39, 0.29) is 5.78 Å². The minimum atomic E-state index is -0.144. The van der Waals surface area contributed by atoms with E-state index >= 15 is 0 Å². The van der Waals surface area contributed by atoms with E-state index in [1.807, 2.05) is 12.1 Å². The molecule has 0 saturated heterocycles. The van der Waals surface area contributed by atoms with Gasteiger partial charge in [-0.25, -0.2) is 0 Å². The Kier molecular flexibility index (Phi) is 4.64. The van der Waals surface area contributed by atoms with E-state index < -0.39 is 0 Å². The molecule has 0 fully saturated rings. The lowest BCUT2D eigenvalue weighted by atomic mass is 10.1. The van der Waals surface area contributed by atoms with Crippen molar-refractivity contribution in [3.63, 3.8) is 0 Å². The number of carbonyl (C=O) groups is 1. The maximum Gasteiger partial charge on any atom is 0.190 e. The third-order valence-electron chi connectivity index (χ3n) is 2.42. The first-order valence-corrected chi connectivity index (χ1v) is 6.98. The molecule has 0 radical (unpaired) electrons. The normalized spacial score (nSPS) is 10.9. The number of rotatable bonds is 4. The van der Waals surface area contributed by atoms with Crippen molar-refractivity contribution in [1.29, 1.82) is 0 Å². The van der Waals surface area contributed by atoms with Crippen LogP contribution in [0.15, 0.2) is 36.4 Å². The lowest BCUT2D eigenvalue weighted by molar-refractivity contribution is 0.104. The van der Waals surface area contributed by atoms with Crippen LogP contribution in [0.25, 0.3) is 6.08 Å². The molecule has 0 aliphatic rings. The Morgan fingerprint density at radius 3 is 2.58 bits per heavy atom. The van der Waals surface area contributed by atoms with Crippen molar-refractivity contribution in [2.24, 2.45) is 0 Å². The molecule has 0 spiro atoms. The number of hydrogen-bond acceptors (Lipinski definition) is 3. The van der Waals surface area contributed by atoms with Gasteiger partial charge in [-0.05, 0) is 29.8 Å². The molecule has 5 heteroatoms. The Morgan fingerprint density at radius 1 is 1.26 bits per heavy atom. The predicted octanol–water partition coefficient (Wildman–Crippen LogP) is 4.96. The fourth-order valence-electron chi connectivity index (χ4n) is 1.50. The van der Waals surface area contributed by atoms with Crippen molar-refractivity contribution in [3.05, 3.63) is 56.9 Å². The number of thiophene rings is 1. The monoisotopic (exact) mass is 312 g/mol. The summed E-state index contributed by atoms with van der Waals surface area (Å²) in [5, 5.41) is 1.19. The highest BCUT2D eigenvalue weighted by atomic mass is 35.5. The molecule has 1 heterocycles. The first kappa shape index (κ1) is 14.1. The number of ether oxygens (including phenoxy) is 1. The minimum absolute atomic E-state index is 0.144. The molecule has 0 unspecified atom stereocenters.